The molecule has 1 aromatic rings. The largest absolute Gasteiger partial charge is 0.378 e. The van der Waals surface area contributed by atoms with Gasteiger partial charge in [-0.3, -0.25) is 4.79 Å². The van der Waals surface area contributed by atoms with Crippen LogP contribution in [0.5, 0.6) is 0 Å². The Bertz CT molecular complexity index is 579. The van der Waals surface area contributed by atoms with Crippen molar-refractivity contribution in [1.29, 1.82) is 0 Å². The zero-order valence-corrected chi connectivity index (χ0v) is 15.3. The number of urea groups is 1. The minimum Gasteiger partial charge on any atom is -0.378 e. The molecular formula is C20H29N3O3. The minimum absolute atomic E-state index is 0.00588. The normalized spacial score (nSPS) is 21.2. The van der Waals surface area contributed by atoms with Crippen LogP contribution in [0.1, 0.15) is 48.9 Å². The highest BCUT2D eigenvalue weighted by atomic mass is 16.5. The molecule has 2 aliphatic heterocycles. The second-order valence-electron chi connectivity index (χ2n) is 7.11. The Labute approximate surface area is 155 Å². The van der Waals surface area contributed by atoms with Crippen molar-refractivity contribution < 1.29 is 14.3 Å². The van der Waals surface area contributed by atoms with Crippen molar-refractivity contribution in [1.82, 2.24) is 15.5 Å². The molecule has 0 radical (unpaired) electrons. The van der Waals surface area contributed by atoms with Gasteiger partial charge in [-0.25, -0.2) is 4.79 Å². The van der Waals surface area contributed by atoms with E-state index in [0.717, 1.165) is 38.7 Å². The van der Waals surface area contributed by atoms with Crippen molar-refractivity contribution >= 4 is 11.9 Å². The first-order chi connectivity index (χ1) is 12.7. The number of piperidine rings is 1. The highest BCUT2D eigenvalue weighted by Gasteiger charge is 2.24. The molecule has 2 N–H and O–H groups in total. The zero-order chi connectivity index (χ0) is 18.2. The van der Waals surface area contributed by atoms with Gasteiger partial charge in [-0.05, 0) is 50.7 Å². The van der Waals surface area contributed by atoms with Crippen LogP contribution in [0, 0.1) is 0 Å². The van der Waals surface area contributed by atoms with Gasteiger partial charge in [0.1, 0.15) is 0 Å². The molecule has 0 aromatic heterocycles. The molecule has 6 nitrogen and oxygen atoms in total. The summed E-state index contributed by atoms with van der Waals surface area (Å²) >= 11 is 0. The maximum absolute atomic E-state index is 12.3. The number of likely N-dealkylation sites (tertiary alicyclic amines) is 1. The van der Waals surface area contributed by atoms with Gasteiger partial charge in [-0.2, -0.15) is 0 Å². The van der Waals surface area contributed by atoms with Crippen molar-refractivity contribution in [3.63, 3.8) is 0 Å². The third-order valence-corrected chi connectivity index (χ3v) is 5.17. The number of rotatable bonds is 5. The van der Waals surface area contributed by atoms with E-state index in [-0.39, 0.29) is 18.0 Å². The van der Waals surface area contributed by atoms with Crippen LogP contribution in [0.15, 0.2) is 30.3 Å². The van der Waals surface area contributed by atoms with Crippen molar-refractivity contribution in [3.8, 4) is 0 Å². The standard InChI is InChI=1S/C20H29N3O3/c24-19(16-6-2-1-3-7-16)22-17-10-13-23(14-11-17)20(25)21-12-9-18-8-4-5-15-26-18/h1-3,6-7,17-18H,4-5,8-15H2,(H,21,25)(H,22,24). The number of carbonyl (C=O) groups is 2. The zero-order valence-electron chi connectivity index (χ0n) is 15.3. The number of nitrogens with one attached hydrogen (secondary N) is 2. The van der Waals surface area contributed by atoms with Crippen molar-refractivity contribution in [2.45, 2.75) is 50.7 Å². The number of ether oxygens (including phenoxy) is 1. The van der Waals surface area contributed by atoms with Crippen molar-refractivity contribution in [2.24, 2.45) is 0 Å². The fraction of sp³-hybridized carbons (Fsp3) is 0.600. The molecule has 1 atom stereocenters. The van der Waals surface area contributed by atoms with E-state index in [0.29, 0.717) is 31.3 Å². The fourth-order valence-electron chi connectivity index (χ4n) is 3.57. The number of benzene rings is 1. The third kappa shape index (κ3) is 5.46. The van der Waals surface area contributed by atoms with Gasteiger partial charge in [0.2, 0.25) is 0 Å². The van der Waals surface area contributed by atoms with Crippen LogP contribution >= 0.6 is 0 Å². The number of carbonyl (C=O) groups excluding carboxylic acids is 2. The molecule has 2 fully saturated rings. The van der Waals surface area contributed by atoms with Gasteiger partial charge < -0.3 is 20.3 Å². The fourth-order valence-corrected chi connectivity index (χ4v) is 3.57. The van der Waals surface area contributed by atoms with E-state index in [1.54, 1.807) is 0 Å². The van der Waals surface area contributed by atoms with E-state index in [1.165, 1.54) is 6.42 Å². The van der Waals surface area contributed by atoms with Crippen LogP contribution in [-0.2, 0) is 4.74 Å². The summed E-state index contributed by atoms with van der Waals surface area (Å²) in [7, 11) is 0. The predicted octanol–water partition coefficient (Wildman–Crippen LogP) is 2.55. The van der Waals surface area contributed by atoms with Crippen molar-refractivity contribution in [2.75, 3.05) is 26.2 Å². The average Bonchev–Trinajstić information content (AvgIpc) is 2.70. The van der Waals surface area contributed by atoms with Crippen molar-refractivity contribution in [3.05, 3.63) is 35.9 Å². The number of nitrogens with zero attached hydrogens (tertiary/aromatic N) is 1. The van der Waals surface area contributed by atoms with Crippen LogP contribution in [0.2, 0.25) is 0 Å². The highest BCUT2D eigenvalue weighted by Crippen LogP contribution is 2.15. The van der Waals surface area contributed by atoms with E-state index < -0.39 is 0 Å². The molecule has 6 heteroatoms. The second kappa shape index (κ2) is 9.57. The Morgan fingerprint density at radius 1 is 1.08 bits per heavy atom. The lowest BCUT2D eigenvalue weighted by Crippen LogP contribution is -2.49. The van der Waals surface area contributed by atoms with Crippen LogP contribution in [0.25, 0.3) is 0 Å². The van der Waals surface area contributed by atoms with Gasteiger partial charge in [0.15, 0.2) is 0 Å². The van der Waals surface area contributed by atoms with Gasteiger partial charge in [-0.15, -0.1) is 0 Å². The molecular weight excluding hydrogens is 330 g/mol. The quantitative estimate of drug-likeness (QED) is 0.849. The predicted molar refractivity (Wildman–Crippen MR) is 100 cm³/mol. The lowest BCUT2D eigenvalue weighted by Gasteiger charge is -2.32. The molecule has 0 bridgehead atoms. The Hall–Kier alpha value is -2.08. The Morgan fingerprint density at radius 3 is 2.54 bits per heavy atom. The lowest BCUT2D eigenvalue weighted by atomic mass is 10.0. The van der Waals surface area contributed by atoms with E-state index in [2.05, 4.69) is 10.6 Å². The summed E-state index contributed by atoms with van der Waals surface area (Å²) in [6.45, 7) is 2.85. The van der Waals surface area contributed by atoms with E-state index in [1.807, 2.05) is 35.2 Å². The summed E-state index contributed by atoms with van der Waals surface area (Å²) < 4.78 is 5.69. The molecule has 0 aliphatic carbocycles. The van der Waals surface area contributed by atoms with E-state index in [4.69, 9.17) is 4.74 Å². The summed E-state index contributed by atoms with van der Waals surface area (Å²) in [6.07, 6.45) is 6.23. The summed E-state index contributed by atoms with van der Waals surface area (Å²) in [5, 5.41) is 6.07. The van der Waals surface area contributed by atoms with Gasteiger partial charge >= 0.3 is 6.03 Å². The second-order valence-corrected chi connectivity index (χ2v) is 7.11. The Balaban J connectivity index is 1.33. The maximum Gasteiger partial charge on any atom is 0.317 e. The molecule has 2 saturated heterocycles. The average molecular weight is 359 g/mol. The van der Waals surface area contributed by atoms with Gasteiger partial charge in [-0.1, -0.05) is 18.2 Å². The molecule has 1 aromatic carbocycles. The molecule has 26 heavy (non-hydrogen) atoms. The molecule has 3 rings (SSSR count). The lowest BCUT2D eigenvalue weighted by molar-refractivity contribution is 0.0118. The summed E-state index contributed by atoms with van der Waals surface area (Å²) in [4.78, 5) is 26.3. The molecule has 3 amide bonds. The molecule has 0 saturated carbocycles. The SMILES string of the molecule is O=C(NC1CCN(C(=O)NCCC2CCCCO2)CC1)c1ccccc1. The first-order valence-electron chi connectivity index (χ1n) is 9.72. The molecule has 0 spiro atoms. The van der Waals surface area contributed by atoms with Crippen LogP contribution in [0.3, 0.4) is 0 Å². The molecule has 2 aliphatic rings. The summed E-state index contributed by atoms with van der Waals surface area (Å²) in [5.74, 6) is -0.0408. The smallest absolute Gasteiger partial charge is 0.317 e. The number of amides is 3. The Morgan fingerprint density at radius 2 is 1.85 bits per heavy atom. The van der Waals surface area contributed by atoms with E-state index in [9.17, 15) is 9.59 Å². The van der Waals surface area contributed by atoms with Gasteiger partial charge in [0.25, 0.3) is 5.91 Å². The monoisotopic (exact) mass is 359 g/mol. The minimum atomic E-state index is -0.0408. The molecule has 142 valence electrons. The molecule has 2 heterocycles. The third-order valence-electron chi connectivity index (χ3n) is 5.17. The first-order valence-corrected chi connectivity index (χ1v) is 9.72. The van der Waals surface area contributed by atoms with Gasteiger partial charge in [0.05, 0.1) is 6.10 Å². The first kappa shape index (κ1) is 18.7. The molecule has 1 unspecified atom stereocenters. The van der Waals surface area contributed by atoms with Crippen LogP contribution in [0.4, 0.5) is 4.79 Å². The van der Waals surface area contributed by atoms with Crippen LogP contribution in [-0.4, -0.2) is 55.2 Å². The maximum atomic E-state index is 12.3. The van der Waals surface area contributed by atoms with E-state index >= 15 is 0 Å². The van der Waals surface area contributed by atoms with Gasteiger partial charge in [0, 0.05) is 37.8 Å². The Kier molecular flexibility index (Phi) is 6.89. The van der Waals surface area contributed by atoms with Crippen LogP contribution < -0.4 is 10.6 Å². The summed E-state index contributed by atoms with van der Waals surface area (Å²) in [5.41, 5.74) is 0.678. The summed E-state index contributed by atoms with van der Waals surface area (Å²) in [6, 6.07) is 9.37. The highest BCUT2D eigenvalue weighted by molar-refractivity contribution is 5.94. The number of hydrogen-bond donors (Lipinski definition) is 2. The number of hydrogen-bond acceptors (Lipinski definition) is 3. The topological polar surface area (TPSA) is 70.7 Å².